The van der Waals surface area contributed by atoms with E-state index in [4.69, 9.17) is 4.74 Å². The summed E-state index contributed by atoms with van der Waals surface area (Å²) in [6, 6.07) is 0. The number of hydrogen-bond acceptors (Lipinski definition) is 2. The normalized spacial score (nSPS) is 24.5. The van der Waals surface area contributed by atoms with Gasteiger partial charge in [-0.25, -0.2) is 0 Å². The van der Waals surface area contributed by atoms with Crippen molar-refractivity contribution in [3.63, 3.8) is 0 Å². The molecule has 0 radical (unpaired) electrons. The van der Waals surface area contributed by atoms with Crippen molar-refractivity contribution < 1.29 is 9.84 Å². The first-order valence-electron chi connectivity index (χ1n) is 4.99. The van der Waals surface area contributed by atoms with Gasteiger partial charge in [-0.3, -0.25) is 0 Å². The second-order valence-electron chi connectivity index (χ2n) is 3.81. The van der Waals surface area contributed by atoms with E-state index in [1.165, 1.54) is 32.1 Å². The zero-order chi connectivity index (χ0) is 8.86. The Kier molecular flexibility index (Phi) is 4.02. The molecule has 1 rings (SSSR count). The second kappa shape index (κ2) is 4.83. The standard InChI is InChI=1S/C10H20O2/c1-12-10(9-11)7-5-3-2-4-6-8-10/h11H,2-9H2,1H3. The van der Waals surface area contributed by atoms with Crippen LogP contribution in [0.2, 0.25) is 0 Å². The van der Waals surface area contributed by atoms with Gasteiger partial charge in [0, 0.05) is 7.11 Å². The molecular weight excluding hydrogens is 152 g/mol. The zero-order valence-corrected chi connectivity index (χ0v) is 8.01. The first-order chi connectivity index (χ1) is 5.83. The minimum Gasteiger partial charge on any atom is -0.393 e. The van der Waals surface area contributed by atoms with Crippen molar-refractivity contribution in [1.29, 1.82) is 0 Å². The van der Waals surface area contributed by atoms with Crippen LogP contribution in [0.15, 0.2) is 0 Å². The summed E-state index contributed by atoms with van der Waals surface area (Å²) in [7, 11) is 1.72. The van der Waals surface area contributed by atoms with Gasteiger partial charge in [0.25, 0.3) is 0 Å². The molecule has 2 heteroatoms. The molecule has 0 aromatic heterocycles. The largest absolute Gasteiger partial charge is 0.393 e. The van der Waals surface area contributed by atoms with Gasteiger partial charge in [0.1, 0.15) is 0 Å². The average Bonchev–Trinajstić information content (AvgIpc) is 2.06. The third-order valence-electron chi connectivity index (χ3n) is 2.99. The van der Waals surface area contributed by atoms with Gasteiger partial charge >= 0.3 is 0 Å². The molecule has 1 aliphatic carbocycles. The van der Waals surface area contributed by atoms with Gasteiger partial charge in [-0.15, -0.1) is 0 Å². The lowest BCUT2D eigenvalue weighted by atomic mass is 9.87. The fourth-order valence-corrected chi connectivity index (χ4v) is 1.98. The Morgan fingerprint density at radius 3 is 2.00 bits per heavy atom. The summed E-state index contributed by atoms with van der Waals surface area (Å²) >= 11 is 0. The fraction of sp³-hybridized carbons (Fsp3) is 1.00. The summed E-state index contributed by atoms with van der Waals surface area (Å²) in [5.74, 6) is 0. The molecule has 0 aromatic rings. The van der Waals surface area contributed by atoms with E-state index in [9.17, 15) is 5.11 Å². The molecule has 0 bridgehead atoms. The Bertz CT molecular complexity index is 109. The molecule has 0 amide bonds. The summed E-state index contributed by atoms with van der Waals surface area (Å²) in [5.41, 5.74) is -0.208. The van der Waals surface area contributed by atoms with Gasteiger partial charge in [-0.2, -0.15) is 0 Å². The van der Waals surface area contributed by atoms with Crippen molar-refractivity contribution in [1.82, 2.24) is 0 Å². The number of methoxy groups -OCH3 is 1. The molecule has 0 heterocycles. The molecular formula is C10H20O2. The Morgan fingerprint density at radius 2 is 1.58 bits per heavy atom. The minimum atomic E-state index is -0.208. The Labute approximate surface area is 74.9 Å². The predicted molar refractivity (Wildman–Crippen MR) is 49.1 cm³/mol. The first kappa shape index (κ1) is 10.0. The van der Waals surface area contributed by atoms with Crippen LogP contribution in [0.1, 0.15) is 44.9 Å². The third kappa shape index (κ3) is 2.46. The highest BCUT2D eigenvalue weighted by Gasteiger charge is 2.28. The van der Waals surface area contributed by atoms with Crippen LogP contribution >= 0.6 is 0 Å². The molecule has 0 spiro atoms. The molecule has 0 aliphatic heterocycles. The van der Waals surface area contributed by atoms with Crippen LogP contribution in [0.4, 0.5) is 0 Å². The summed E-state index contributed by atoms with van der Waals surface area (Å²) in [4.78, 5) is 0. The average molecular weight is 172 g/mol. The maximum atomic E-state index is 9.23. The molecule has 0 saturated heterocycles. The third-order valence-corrected chi connectivity index (χ3v) is 2.99. The van der Waals surface area contributed by atoms with E-state index in [1.807, 2.05) is 0 Å². The van der Waals surface area contributed by atoms with Crippen LogP contribution in [0.5, 0.6) is 0 Å². The van der Waals surface area contributed by atoms with E-state index in [0.29, 0.717) is 0 Å². The van der Waals surface area contributed by atoms with E-state index in [1.54, 1.807) is 7.11 Å². The molecule has 1 aliphatic rings. The van der Waals surface area contributed by atoms with Gasteiger partial charge in [-0.05, 0) is 12.8 Å². The lowest BCUT2D eigenvalue weighted by molar-refractivity contribution is -0.0684. The Hall–Kier alpha value is -0.0800. The molecule has 12 heavy (non-hydrogen) atoms. The molecule has 0 aromatic carbocycles. The SMILES string of the molecule is COC1(CO)CCCCCCC1. The highest BCUT2D eigenvalue weighted by Crippen LogP contribution is 2.28. The van der Waals surface area contributed by atoms with Crippen molar-refractivity contribution >= 4 is 0 Å². The quantitative estimate of drug-likeness (QED) is 0.691. The maximum absolute atomic E-state index is 9.23. The van der Waals surface area contributed by atoms with Gasteiger partial charge in [-0.1, -0.05) is 32.1 Å². The minimum absolute atomic E-state index is 0.184. The van der Waals surface area contributed by atoms with E-state index in [2.05, 4.69) is 0 Å². The summed E-state index contributed by atoms with van der Waals surface area (Å²) in [5, 5.41) is 9.23. The molecule has 72 valence electrons. The highest BCUT2D eigenvalue weighted by molar-refractivity contribution is 4.80. The van der Waals surface area contributed by atoms with E-state index >= 15 is 0 Å². The van der Waals surface area contributed by atoms with E-state index in [0.717, 1.165) is 12.8 Å². The number of aliphatic hydroxyl groups is 1. The van der Waals surface area contributed by atoms with Crippen LogP contribution in [0.25, 0.3) is 0 Å². The van der Waals surface area contributed by atoms with Crippen LogP contribution < -0.4 is 0 Å². The first-order valence-corrected chi connectivity index (χ1v) is 4.99. The van der Waals surface area contributed by atoms with Crippen molar-refractivity contribution in [3.05, 3.63) is 0 Å². The smallest absolute Gasteiger partial charge is 0.0908 e. The topological polar surface area (TPSA) is 29.5 Å². The number of ether oxygens (including phenoxy) is 1. The number of rotatable bonds is 2. The summed E-state index contributed by atoms with van der Waals surface area (Å²) in [6.07, 6.45) is 8.41. The number of hydrogen-bond donors (Lipinski definition) is 1. The highest BCUT2D eigenvalue weighted by atomic mass is 16.5. The van der Waals surface area contributed by atoms with Crippen molar-refractivity contribution in [2.24, 2.45) is 0 Å². The summed E-state index contributed by atoms with van der Waals surface area (Å²) in [6.45, 7) is 0.184. The van der Waals surface area contributed by atoms with Crippen LogP contribution in [-0.4, -0.2) is 24.4 Å². The van der Waals surface area contributed by atoms with Gasteiger partial charge < -0.3 is 9.84 Å². The van der Waals surface area contributed by atoms with Crippen molar-refractivity contribution in [2.75, 3.05) is 13.7 Å². The monoisotopic (exact) mass is 172 g/mol. The van der Waals surface area contributed by atoms with E-state index < -0.39 is 0 Å². The molecule has 2 nitrogen and oxygen atoms in total. The fourth-order valence-electron chi connectivity index (χ4n) is 1.98. The van der Waals surface area contributed by atoms with Crippen LogP contribution in [0.3, 0.4) is 0 Å². The Balaban J connectivity index is 2.45. The van der Waals surface area contributed by atoms with Crippen LogP contribution in [-0.2, 0) is 4.74 Å². The lowest BCUT2D eigenvalue weighted by Crippen LogP contribution is -2.36. The van der Waals surface area contributed by atoms with Crippen molar-refractivity contribution in [2.45, 2.75) is 50.5 Å². The van der Waals surface area contributed by atoms with E-state index in [-0.39, 0.29) is 12.2 Å². The molecule has 1 fully saturated rings. The van der Waals surface area contributed by atoms with Crippen molar-refractivity contribution in [3.8, 4) is 0 Å². The molecule has 1 N–H and O–H groups in total. The number of aliphatic hydroxyl groups excluding tert-OH is 1. The second-order valence-corrected chi connectivity index (χ2v) is 3.81. The summed E-state index contributed by atoms with van der Waals surface area (Å²) < 4.78 is 5.41. The molecule has 1 saturated carbocycles. The maximum Gasteiger partial charge on any atom is 0.0908 e. The predicted octanol–water partition coefficient (Wildman–Crippen LogP) is 2.11. The van der Waals surface area contributed by atoms with Gasteiger partial charge in [0.15, 0.2) is 0 Å². The zero-order valence-electron chi connectivity index (χ0n) is 8.01. The van der Waals surface area contributed by atoms with Gasteiger partial charge in [0.2, 0.25) is 0 Å². The van der Waals surface area contributed by atoms with Crippen LogP contribution in [0, 0.1) is 0 Å². The van der Waals surface area contributed by atoms with Gasteiger partial charge in [0.05, 0.1) is 12.2 Å². The lowest BCUT2D eigenvalue weighted by Gasteiger charge is -2.32. The Morgan fingerprint density at radius 1 is 1.08 bits per heavy atom. The molecule has 0 unspecified atom stereocenters. The molecule has 0 atom stereocenters.